The molecule has 1 fully saturated rings. The van der Waals surface area contributed by atoms with Crippen LogP contribution in [0.25, 0.3) is 0 Å². The summed E-state index contributed by atoms with van der Waals surface area (Å²) in [6, 6.07) is 12.5. The number of benzene rings is 2. The minimum atomic E-state index is -0.949. The van der Waals surface area contributed by atoms with Crippen LogP contribution in [0.4, 0.5) is 4.39 Å². The first kappa shape index (κ1) is 17.4. The van der Waals surface area contributed by atoms with Gasteiger partial charge in [0.2, 0.25) is 0 Å². The lowest BCUT2D eigenvalue weighted by atomic mass is 10.1. The van der Waals surface area contributed by atoms with Gasteiger partial charge in [0.25, 0.3) is 0 Å². The number of ether oxygens (including phenoxy) is 1. The SMILES string of the molecule is O=C(O)c1ccc(CN2CCC(O)(COc3ccc(F)cc3)C2)cc1. The van der Waals surface area contributed by atoms with Crippen molar-refractivity contribution in [1.29, 1.82) is 0 Å². The smallest absolute Gasteiger partial charge is 0.335 e. The molecule has 0 amide bonds. The molecule has 0 radical (unpaired) electrons. The normalized spacial score (nSPS) is 20.6. The molecule has 6 heteroatoms. The van der Waals surface area contributed by atoms with Gasteiger partial charge >= 0.3 is 5.97 Å². The molecule has 1 aliphatic rings. The molecule has 25 heavy (non-hydrogen) atoms. The Bertz CT molecular complexity index is 732. The summed E-state index contributed by atoms with van der Waals surface area (Å²) in [6.45, 7) is 1.98. The van der Waals surface area contributed by atoms with Crippen LogP contribution in [0.3, 0.4) is 0 Å². The lowest BCUT2D eigenvalue weighted by molar-refractivity contribution is 0.00336. The molecule has 0 aliphatic carbocycles. The van der Waals surface area contributed by atoms with E-state index in [1.165, 1.54) is 24.3 Å². The van der Waals surface area contributed by atoms with Crippen LogP contribution < -0.4 is 4.74 Å². The highest BCUT2D eigenvalue weighted by Gasteiger charge is 2.36. The molecule has 1 atom stereocenters. The van der Waals surface area contributed by atoms with Crippen molar-refractivity contribution in [3.8, 4) is 5.75 Å². The van der Waals surface area contributed by atoms with Gasteiger partial charge in [0.05, 0.1) is 5.56 Å². The molecule has 1 unspecified atom stereocenters. The first-order chi connectivity index (χ1) is 11.9. The third kappa shape index (κ3) is 4.55. The predicted octanol–water partition coefficient (Wildman–Crippen LogP) is 2.54. The Balaban J connectivity index is 1.53. The summed E-state index contributed by atoms with van der Waals surface area (Å²) in [7, 11) is 0. The van der Waals surface area contributed by atoms with Crippen molar-refractivity contribution in [3.63, 3.8) is 0 Å². The summed E-state index contributed by atoms with van der Waals surface area (Å²) < 4.78 is 18.5. The second kappa shape index (κ2) is 7.21. The fourth-order valence-electron chi connectivity index (χ4n) is 2.95. The van der Waals surface area contributed by atoms with Crippen molar-refractivity contribution in [2.45, 2.75) is 18.6 Å². The van der Waals surface area contributed by atoms with Gasteiger partial charge in [0.1, 0.15) is 23.8 Å². The van der Waals surface area contributed by atoms with Crippen molar-refractivity contribution in [2.24, 2.45) is 0 Å². The Morgan fingerprint density at radius 3 is 2.48 bits per heavy atom. The third-order valence-electron chi connectivity index (χ3n) is 4.34. The number of aliphatic hydroxyl groups is 1. The molecule has 1 aliphatic heterocycles. The second-order valence-electron chi connectivity index (χ2n) is 6.43. The maximum atomic E-state index is 12.9. The number of halogens is 1. The van der Waals surface area contributed by atoms with Gasteiger partial charge < -0.3 is 14.9 Å². The summed E-state index contributed by atoms with van der Waals surface area (Å²) >= 11 is 0. The van der Waals surface area contributed by atoms with Crippen LogP contribution in [0.2, 0.25) is 0 Å². The van der Waals surface area contributed by atoms with Crippen molar-refractivity contribution < 1.29 is 24.1 Å². The van der Waals surface area contributed by atoms with E-state index in [0.717, 1.165) is 12.1 Å². The molecule has 2 aromatic carbocycles. The second-order valence-corrected chi connectivity index (χ2v) is 6.43. The number of carbonyl (C=O) groups is 1. The Kier molecular flexibility index (Phi) is 5.01. The number of β-amino-alcohol motifs (C(OH)–C–C–N with tert-alkyl or cyclic N) is 1. The molecule has 0 aromatic heterocycles. The van der Waals surface area contributed by atoms with Crippen LogP contribution in [0, 0.1) is 5.82 Å². The van der Waals surface area contributed by atoms with Gasteiger partial charge in [-0.05, 0) is 48.4 Å². The number of carboxylic acid groups (broad SMARTS) is 1. The maximum absolute atomic E-state index is 12.9. The highest BCUT2D eigenvalue weighted by atomic mass is 19.1. The summed E-state index contributed by atoms with van der Waals surface area (Å²) in [5.74, 6) is -0.746. The van der Waals surface area contributed by atoms with Crippen molar-refractivity contribution in [3.05, 3.63) is 65.5 Å². The van der Waals surface area contributed by atoms with Crippen LogP contribution in [-0.2, 0) is 6.54 Å². The number of hydrogen-bond acceptors (Lipinski definition) is 4. The Morgan fingerprint density at radius 1 is 1.16 bits per heavy atom. The summed E-state index contributed by atoms with van der Waals surface area (Å²) in [5, 5.41) is 19.6. The van der Waals surface area contributed by atoms with Gasteiger partial charge in [-0.1, -0.05) is 12.1 Å². The zero-order valence-corrected chi connectivity index (χ0v) is 13.7. The van der Waals surface area contributed by atoms with E-state index in [1.807, 2.05) is 0 Å². The van der Waals surface area contributed by atoms with Crippen molar-refractivity contribution in [2.75, 3.05) is 19.7 Å². The fraction of sp³-hybridized carbons (Fsp3) is 0.316. The molecule has 5 nitrogen and oxygen atoms in total. The highest BCUT2D eigenvalue weighted by Crippen LogP contribution is 2.24. The van der Waals surface area contributed by atoms with E-state index in [-0.39, 0.29) is 18.0 Å². The van der Waals surface area contributed by atoms with E-state index in [4.69, 9.17) is 9.84 Å². The average molecular weight is 345 g/mol. The molecule has 132 valence electrons. The summed E-state index contributed by atoms with van der Waals surface area (Å²) in [4.78, 5) is 13.0. The van der Waals surface area contributed by atoms with Gasteiger partial charge in [0.15, 0.2) is 0 Å². The largest absolute Gasteiger partial charge is 0.491 e. The zero-order valence-electron chi connectivity index (χ0n) is 13.7. The van der Waals surface area contributed by atoms with Gasteiger partial charge in [0, 0.05) is 19.6 Å². The minimum Gasteiger partial charge on any atom is -0.491 e. The van der Waals surface area contributed by atoms with E-state index in [9.17, 15) is 14.3 Å². The molecule has 2 N–H and O–H groups in total. The maximum Gasteiger partial charge on any atom is 0.335 e. The number of nitrogens with zero attached hydrogens (tertiary/aromatic N) is 1. The predicted molar refractivity (Wildman–Crippen MR) is 90.1 cm³/mol. The Hall–Kier alpha value is -2.44. The molecular formula is C19H20FNO4. The fourth-order valence-corrected chi connectivity index (χ4v) is 2.95. The van der Waals surface area contributed by atoms with Crippen LogP contribution in [0.15, 0.2) is 48.5 Å². The highest BCUT2D eigenvalue weighted by molar-refractivity contribution is 5.87. The first-order valence-electron chi connectivity index (χ1n) is 8.09. The molecular weight excluding hydrogens is 325 g/mol. The average Bonchev–Trinajstić information content (AvgIpc) is 2.96. The number of likely N-dealkylation sites (tertiary alicyclic amines) is 1. The number of hydrogen-bond donors (Lipinski definition) is 2. The van der Waals surface area contributed by atoms with Gasteiger partial charge in [-0.25, -0.2) is 9.18 Å². The van der Waals surface area contributed by atoms with Gasteiger partial charge in [-0.2, -0.15) is 0 Å². The van der Waals surface area contributed by atoms with Crippen LogP contribution in [0.5, 0.6) is 5.75 Å². The summed E-state index contributed by atoms with van der Waals surface area (Å²) in [6.07, 6.45) is 0.585. The van der Waals surface area contributed by atoms with E-state index in [2.05, 4.69) is 4.90 Å². The molecule has 1 saturated heterocycles. The van der Waals surface area contributed by atoms with Crippen LogP contribution in [-0.4, -0.2) is 46.4 Å². The monoisotopic (exact) mass is 345 g/mol. The first-order valence-corrected chi connectivity index (χ1v) is 8.09. The van der Waals surface area contributed by atoms with E-state index >= 15 is 0 Å². The summed E-state index contributed by atoms with van der Waals surface area (Å²) in [5.41, 5.74) is 0.304. The van der Waals surface area contributed by atoms with E-state index < -0.39 is 11.6 Å². The van der Waals surface area contributed by atoms with Crippen molar-refractivity contribution >= 4 is 5.97 Å². The van der Waals surface area contributed by atoms with E-state index in [0.29, 0.717) is 25.3 Å². The molecule has 1 heterocycles. The lowest BCUT2D eigenvalue weighted by Crippen LogP contribution is -2.39. The van der Waals surface area contributed by atoms with Crippen LogP contribution in [0.1, 0.15) is 22.3 Å². The third-order valence-corrected chi connectivity index (χ3v) is 4.34. The molecule has 2 aromatic rings. The zero-order chi connectivity index (χ0) is 17.9. The molecule has 0 bridgehead atoms. The quantitative estimate of drug-likeness (QED) is 0.842. The Labute approximate surface area is 145 Å². The van der Waals surface area contributed by atoms with Gasteiger partial charge in [-0.15, -0.1) is 0 Å². The van der Waals surface area contributed by atoms with Crippen LogP contribution >= 0.6 is 0 Å². The number of rotatable bonds is 6. The standard InChI is InChI=1S/C19H20FNO4/c20-16-5-7-17(8-6-16)25-13-19(24)9-10-21(12-19)11-14-1-3-15(4-2-14)18(22)23/h1-8,24H,9-13H2,(H,22,23). The molecule has 0 spiro atoms. The minimum absolute atomic E-state index is 0.146. The molecule has 0 saturated carbocycles. The molecule has 3 rings (SSSR count). The number of carboxylic acids is 1. The Morgan fingerprint density at radius 2 is 1.84 bits per heavy atom. The lowest BCUT2D eigenvalue weighted by Gasteiger charge is -2.23. The topological polar surface area (TPSA) is 70.0 Å². The van der Waals surface area contributed by atoms with Crippen molar-refractivity contribution in [1.82, 2.24) is 4.90 Å². The van der Waals surface area contributed by atoms with Gasteiger partial charge in [-0.3, -0.25) is 4.90 Å². The number of aromatic carboxylic acids is 1. The van der Waals surface area contributed by atoms with E-state index in [1.54, 1.807) is 24.3 Å².